The minimum Gasteiger partial charge on any atom is -0.507 e. The monoisotopic (exact) mass is 1430 g/mol. The number of benzene rings is 4. The molecule has 100 heavy (non-hydrogen) atoms. The summed E-state index contributed by atoms with van der Waals surface area (Å²) in [6.45, 7) is 19.2. The van der Waals surface area contributed by atoms with Crippen molar-refractivity contribution in [2.24, 2.45) is 69.0 Å². The number of hydrogen-bond donors (Lipinski definition) is 7. The van der Waals surface area contributed by atoms with Crippen molar-refractivity contribution in [1.29, 1.82) is 0 Å². The van der Waals surface area contributed by atoms with Gasteiger partial charge in [0.15, 0.2) is 11.6 Å². The third-order valence-corrected chi connectivity index (χ3v) is 22.6. The Hall–Kier alpha value is -8.60. The second kappa shape index (κ2) is 31.9. The van der Waals surface area contributed by atoms with Crippen molar-refractivity contribution >= 4 is 79.2 Å². The number of rotatable bonds is 36. The van der Waals surface area contributed by atoms with Gasteiger partial charge >= 0.3 is 29.8 Å². The molecule has 28 heteroatoms. The van der Waals surface area contributed by atoms with E-state index in [1.807, 2.05) is 6.92 Å². The molecule has 2 fully saturated rings. The number of phenolic OH excluding ortho intramolecular Hbond substituents is 2. The molecule has 26 nitrogen and oxygen atoms in total. The fourth-order valence-electron chi connectivity index (χ4n) is 14.2. The zero-order chi connectivity index (χ0) is 75.1. The van der Waals surface area contributed by atoms with Gasteiger partial charge in [0.05, 0.1) is 79.3 Å². The molecule has 0 saturated carbocycles. The first kappa shape index (κ1) is 80.4. The first-order valence-corrected chi connectivity index (χ1v) is 36.0. The van der Waals surface area contributed by atoms with Crippen LogP contribution in [-0.4, -0.2) is 148 Å². The predicted octanol–water partition coefficient (Wildman–Crippen LogP) is 8.17. The molecule has 2 aliphatic heterocycles. The number of sulfonamides is 2. The number of methoxy groups -OCH3 is 2. The van der Waals surface area contributed by atoms with Gasteiger partial charge in [0, 0.05) is 49.4 Å². The van der Waals surface area contributed by atoms with Gasteiger partial charge in [-0.05, 0) is 86.7 Å². The van der Waals surface area contributed by atoms with Crippen molar-refractivity contribution in [3.8, 4) is 23.0 Å². The molecule has 0 bridgehead atoms. The van der Waals surface area contributed by atoms with Crippen LogP contribution in [0.25, 0.3) is 0 Å². The summed E-state index contributed by atoms with van der Waals surface area (Å²) in [6.07, 6.45) is -1.39. The second-order valence-corrected chi connectivity index (χ2v) is 32.1. The van der Waals surface area contributed by atoms with Gasteiger partial charge in [-0.1, -0.05) is 135 Å². The summed E-state index contributed by atoms with van der Waals surface area (Å²) >= 11 is 0. The molecule has 4 aromatic carbocycles. The van der Waals surface area contributed by atoms with Crippen LogP contribution >= 0.6 is 0 Å². The smallest absolute Gasteiger partial charge is 0.318 e. The normalized spacial score (nSPS) is 18.2. The minimum atomic E-state index is -4.61. The standard InChI is InChI=1S/C72H94N4O22S2/c1-16-69(6,7)56(61(81)73-28-18-29-74-99(91,92)53-32-44(49(77)34-51(53)95-14)59(79)42-24-20-39(3)21-25-42)47(64(84)85)37-71(10,11)57-46(36-72(12,13)58(67(89)97-17-2)48(65(86)87)38-70(8,9)55-41(5)66(88)98-68(55)90)62(82)76(63(57)83)31-19-30-75-100(93,94)54-33-45(50(78)35-52(54)96-15)60(80)43-26-22-40(4)23-27-43/h20-27,32-35,41,46-48,55-58,74-75,77-78H,16-19,28-31,36-38H2,1-15H3,(H,73,81)(H,84,85)(H,86,87). The maximum Gasteiger partial charge on any atom is 0.318 e. The Labute approximate surface area is 583 Å². The molecule has 0 aromatic heterocycles. The fraction of sp³-hybridized carbons (Fsp3) is 0.528. The Kier molecular flexibility index (Phi) is 25.7. The van der Waals surface area contributed by atoms with E-state index in [9.17, 15) is 75.6 Å². The summed E-state index contributed by atoms with van der Waals surface area (Å²) in [5, 5.41) is 46.9. The van der Waals surface area contributed by atoms with Crippen molar-refractivity contribution in [2.45, 2.75) is 138 Å². The van der Waals surface area contributed by atoms with E-state index in [4.69, 9.17) is 18.9 Å². The van der Waals surface area contributed by atoms with Crippen LogP contribution in [0.1, 0.15) is 158 Å². The number of aromatic hydroxyl groups is 2. The maximum atomic E-state index is 15.5. The van der Waals surface area contributed by atoms with Crippen LogP contribution < -0.4 is 24.2 Å². The summed E-state index contributed by atoms with van der Waals surface area (Å²) in [7, 11) is -6.76. The highest BCUT2D eigenvalue weighted by Gasteiger charge is 2.60. The lowest BCUT2D eigenvalue weighted by Gasteiger charge is -2.43. The van der Waals surface area contributed by atoms with Crippen LogP contribution in [0.2, 0.25) is 0 Å². The molecular formula is C72H94N4O22S2. The van der Waals surface area contributed by atoms with E-state index in [2.05, 4.69) is 14.8 Å². The van der Waals surface area contributed by atoms with E-state index < -0.39 is 202 Å². The number of carbonyl (C=O) groups excluding carboxylic acids is 8. The Morgan fingerprint density at radius 2 is 1.04 bits per heavy atom. The largest absolute Gasteiger partial charge is 0.507 e. The molecule has 2 heterocycles. The first-order valence-electron chi connectivity index (χ1n) is 33.0. The van der Waals surface area contributed by atoms with Crippen LogP contribution in [0.4, 0.5) is 0 Å². The quantitative estimate of drug-likeness (QED) is 0.00742. The topological polar surface area (TPSA) is 396 Å². The summed E-state index contributed by atoms with van der Waals surface area (Å²) < 4.78 is 81.8. The molecule has 0 radical (unpaired) electrons. The number of aliphatic carboxylic acids is 2. The zero-order valence-electron chi connectivity index (χ0n) is 59.2. The number of ether oxygens (including phenoxy) is 4. The van der Waals surface area contributed by atoms with E-state index in [1.165, 1.54) is 72.9 Å². The van der Waals surface area contributed by atoms with Crippen molar-refractivity contribution < 1.29 is 104 Å². The molecule has 0 spiro atoms. The molecular weight excluding hydrogens is 1340 g/mol. The first-order chi connectivity index (χ1) is 46.4. The highest BCUT2D eigenvalue weighted by Crippen LogP contribution is 2.54. The number of amides is 3. The van der Waals surface area contributed by atoms with Gasteiger partial charge in [-0.25, -0.2) is 26.3 Å². The third kappa shape index (κ3) is 17.9. The lowest BCUT2D eigenvalue weighted by atomic mass is 9.58. The Morgan fingerprint density at radius 1 is 0.600 bits per heavy atom. The number of hydrogen-bond acceptors (Lipinski definition) is 20. The maximum absolute atomic E-state index is 15.5. The average Bonchev–Trinajstić information content (AvgIpc) is 1.51. The molecule has 7 N–H and O–H groups in total. The van der Waals surface area contributed by atoms with Gasteiger partial charge in [-0.3, -0.25) is 52.8 Å². The molecule has 6 rings (SSSR count). The molecule has 8 unspecified atom stereocenters. The van der Waals surface area contributed by atoms with Gasteiger partial charge in [-0.2, -0.15) is 0 Å². The molecule has 2 saturated heterocycles. The number of nitrogens with one attached hydrogen (secondary N) is 3. The molecule has 3 amide bonds. The van der Waals surface area contributed by atoms with Gasteiger partial charge in [0.1, 0.15) is 32.8 Å². The van der Waals surface area contributed by atoms with E-state index in [0.29, 0.717) is 0 Å². The lowest BCUT2D eigenvalue weighted by Crippen LogP contribution is -2.49. The second-order valence-electron chi connectivity index (χ2n) is 28.7. The molecule has 546 valence electrons. The number of likely N-dealkylation sites (tertiary alicyclic amines) is 1. The zero-order valence-corrected chi connectivity index (χ0v) is 60.9. The number of phenols is 2. The molecule has 8 atom stereocenters. The van der Waals surface area contributed by atoms with Crippen LogP contribution in [0, 0.1) is 82.9 Å². The van der Waals surface area contributed by atoms with Crippen molar-refractivity contribution in [1.82, 2.24) is 19.7 Å². The molecule has 4 aromatic rings. The van der Waals surface area contributed by atoms with Crippen molar-refractivity contribution in [3.63, 3.8) is 0 Å². The molecule has 0 aliphatic carbocycles. The van der Waals surface area contributed by atoms with Crippen molar-refractivity contribution in [2.75, 3.05) is 47.0 Å². The SMILES string of the molecule is CCOC(=O)C(C(CC(C)(C)C1C(=O)OC(=O)C1C)C(=O)O)C(C)(C)CC1C(=O)N(CCCNS(=O)(=O)c2cc(C(=O)c3ccc(C)cc3)c(O)cc2OC)C(=O)C1C(C)(C)CC(C(=O)O)C(C(=O)NCCCNS(=O)(=O)c1cc(C(=O)c2ccc(C)cc2)c(O)cc1OC)C(C)(C)CC. The number of carboxylic acids is 2. The van der Waals surface area contributed by atoms with Crippen LogP contribution in [-0.2, 0) is 67.9 Å². The van der Waals surface area contributed by atoms with E-state index in [0.717, 1.165) is 47.4 Å². The number of ketones is 2. The highest BCUT2D eigenvalue weighted by atomic mass is 32.2. The minimum absolute atomic E-state index is 0.0586. The van der Waals surface area contributed by atoms with Gasteiger partial charge < -0.3 is 44.7 Å². The number of aryl methyl sites for hydroxylation is 2. The summed E-state index contributed by atoms with van der Waals surface area (Å²) in [5.41, 5.74) is -4.29. The fourth-order valence-corrected chi connectivity index (χ4v) is 16.7. The van der Waals surface area contributed by atoms with Gasteiger partial charge in [0.25, 0.3) is 0 Å². The van der Waals surface area contributed by atoms with E-state index in [1.54, 1.807) is 65.8 Å². The highest BCUT2D eigenvalue weighted by molar-refractivity contribution is 7.90. The van der Waals surface area contributed by atoms with Gasteiger partial charge in [0.2, 0.25) is 37.8 Å². The average molecular weight is 1430 g/mol. The Bertz CT molecular complexity index is 4030. The van der Waals surface area contributed by atoms with Gasteiger partial charge in [-0.15, -0.1) is 0 Å². The van der Waals surface area contributed by atoms with Crippen LogP contribution in [0.3, 0.4) is 0 Å². The lowest BCUT2D eigenvalue weighted by molar-refractivity contribution is -0.166. The third-order valence-electron chi connectivity index (χ3n) is 19.7. The number of carboxylic acid groups (broad SMARTS) is 2. The number of carbonyl (C=O) groups is 10. The Balaban J connectivity index is 1.32. The van der Waals surface area contributed by atoms with E-state index in [-0.39, 0.29) is 72.7 Å². The molecule has 2 aliphatic rings. The number of cyclic esters (lactones) is 2. The number of nitrogens with zero attached hydrogens (tertiary/aromatic N) is 1. The summed E-state index contributed by atoms with van der Waals surface area (Å²) in [4.78, 5) is 141. The summed E-state index contributed by atoms with van der Waals surface area (Å²) in [6, 6.07) is 16.7. The predicted molar refractivity (Wildman–Crippen MR) is 364 cm³/mol. The Morgan fingerprint density at radius 3 is 1.45 bits per heavy atom. The van der Waals surface area contributed by atoms with Crippen LogP contribution in [0.15, 0.2) is 82.6 Å². The van der Waals surface area contributed by atoms with E-state index >= 15 is 9.59 Å². The number of imide groups is 1. The summed E-state index contributed by atoms with van der Waals surface area (Å²) in [5.74, 6) is -22.5. The van der Waals surface area contributed by atoms with Crippen molar-refractivity contribution in [3.05, 3.63) is 106 Å². The number of esters is 3. The van der Waals surface area contributed by atoms with Crippen LogP contribution in [0.5, 0.6) is 23.0 Å².